The van der Waals surface area contributed by atoms with Crippen LogP contribution in [0.3, 0.4) is 0 Å². The largest absolute Gasteiger partial charge is 0.522 e. The summed E-state index contributed by atoms with van der Waals surface area (Å²) < 4.78 is 57.5. The van der Waals surface area contributed by atoms with E-state index < -0.39 is 15.6 Å². The summed E-state index contributed by atoms with van der Waals surface area (Å²) in [5.74, 6) is 1.04. The Kier molecular flexibility index (Phi) is 8.60. The summed E-state index contributed by atoms with van der Waals surface area (Å²) in [5.41, 5.74) is -5.53. The average Bonchev–Trinajstić information content (AvgIpc) is 2.29. The van der Waals surface area contributed by atoms with Crippen molar-refractivity contribution in [3.63, 3.8) is 0 Å². The Morgan fingerprint density at radius 3 is 2.05 bits per heavy atom. The molecule has 2 N–H and O–H groups in total. The van der Waals surface area contributed by atoms with E-state index in [9.17, 15) is 13.2 Å². The van der Waals surface area contributed by atoms with E-state index in [0.29, 0.717) is 0 Å². The second kappa shape index (κ2) is 8.76. The van der Waals surface area contributed by atoms with E-state index in [2.05, 4.69) is 12.2 Å². The molecule has 1 aliphatic heterocycles. The standard InChI is InChI=1S/C10H21N.CHF3O3S/c1-2-3-4-5-10-6-8-11-9-7-10;2-1(3,4)8(5,6)7/h10-11H,2-9H2,1H3;(H,5,6,7). The highest BCUT2D eigenvalue weighted by atomic mass is 32.2. The summed E-state index contributed by atoms with van der Waals surface area (Å²) in [7, 11) is -5.84. The molecule has 1 aliphatic rings. The van der Waals surface area contributed by atoms with Crippen molar-refractivity contribution in [2.75, 3.05) is 13.1 Å². The third-order valence-corrected chi connectivity index (χ3v) is 3.55. The van der Waals surface area contributed by atoms with E-state index in [1.54, 1.807) is 0 Å². The molecule has 0 unspecified atom stereocenters. The van der Waals surface area contributed by atoms with Crippen LogP contribution in [0.1, 0.15) is 45.4 Å². The van der Waals surface area contributed by atoms with Gasteiger partial charge in [-0.25, -0.2) is 0 Å². The van der Waals surface area contributed by atoms with Crippen LogP contribution < -0.4 is 5.32 Å². The Hall–Kier alpha value is -0.340. The molecule has 0 spiro atoms. The molecule has 0 saturated carbocycles. The summed E-state index contributed by atoms with van der Waals surface area (Å²) in [6, 6.07) is 0. The molecule has 0 aromatic heterocycles. The van der Waals surface area contributed by atoms with Crippen LogP contribution in [0.15, 0.2) is 0 Å². The number of nitrogens with one attached hydrogen (secondary N) is 1. The van der Waals surface area contributed by atoms with Gasteiger partial charge in [-0.3, -0.25) is 4.55 Å². The topological polar surface area (TPSA) is 66.4 Å². The van der Waals surface area contributed by atoms with Crippen molar-refractivity contribution in [1.29, 1.82) is 0 Å². The van der Waals surface area contributed by atoms with Crippen molar-refractivity contribution in [2.24, 2.45) is 5.92 Å². The van der Waals surface area contributed by atoms with Crippen LogP contribution in [0, 0.1) is 5.92 Å². The molecule has 19 heavy (non-hydrogen) atoms. The summed E-state index contributed by atoms with van der Waals surface area (Å²) in [6.45, 7) is 4.80. The quantitative estimate of drug-likeness (QED) is 0.476. The van der Waals surface area contributed by atoms with Gasteiger partial charge in [-0.1, -0.05) is 32.6 Å². The second-order valence-electron chi connectivity index (χ2n) is 4.61. The molecular formula is C11H22F3NO3S. The number of unbranched alkanes of at least 4 members (excludes halogenated alkanes) is 2. The van der Waals surface area contributed by atoms with Crippen LogP contribution in [0.25, 0.3) is 0 Å². The Morgan fingerprint density at radius 2 is 1.68 bits per heavy atom. The Bertz CT molecular complexity index is 325. The molecule has 1 fully saturated rings. The van der Waals surface area contributed by atoms with E-state index in [-0.39, 0.29) is 0 Å². The maximum Gasteiger partial charge on any atom is 0.522 e. The van der Waals surface area contributed by atoms with E-state index in [1.807, 2.05) is 0 Å². The molecule has 0 aromatic rings. The molecule has 8 heteroatoms. The fraction of sp³-hybridized carbons (Fsp3) is 1.00. The second-order valence-corrected chi connectivity index (χ2v) is 6.02. The SMILES string of the molecule is CCCCCC1CCNCC1.O=S(=O)(O)C(F)(F)F. The van der Waals surface area contributed by atoms with Crippen LogP contribution in [0.2, 0.25) is 0 Å². The predicted octanol–water partition coefficient (Wildman–Crippen LogP) is 2.96. The van der Waals surface area contributed by atoms with E-state index in [1.165, 1.54) is 51.6 Å². The van der Waals surface area contributed by atoms with E-state index in [4.69, 9.17) is 13.0 Å². The first-order valence-electron chi connectivity index (χ1n) is 6.43. The zero-order chi connectivity index (χ0) is 14.9. The van der Waals surface area contributed by atoms with Gasteiger partial charge in [-0.15, -0.1) is 0 Å². The Morgan fingerprint density at radius 1 is 1.21 bits per heavy atom. The highest BCUT2D eigenvalue weighted by Crippen LogP contribution is 2.20. The third-order valence-electron chi connectivity index (χ3n) is 2.97. The molecule has 0 aliphatic carbocycles. The lowest BCUT2D eigenvalue weighted by atomic mass is 9.92. The molecule has 1 heterocycles. The fourth-order valence-corrected chi connectivity index (χ4v) is 1.85. The lowest BCUT2D eigenvalue weighted by Gasteiger charge is -2.22. The molecule has 0 radical (unpaired) electrons. The normalized spacial score (nSPS) is 17.7. The van der Waals surface area contributed by atoms with Gasteiger partial charge in [0.05, 0.1) is 0 Å². The first-order chi connectivity index (χ1) is 8.68. The highest BCUT2D eigenvalue weighted by molar-refractivity contribution is 7.86. The van der Waals surface area contributed by atoms with Gasteiger partial charge in [0.1, 0.15) is 0 Å². The van der Waals surface area contributed by atoms with Crippen LogP contribution in [0.5, 0.6) is 0 Å². The van der Waals surface area contributed by atoms with Crippen molar-refractivity contribution < 1.29 is 26.1 Å². The van der Waals surface area contributed by atoms with Gasteiger partial charge in [0.25, 0.3) is 0 Å². The average molecular weight is 305 g/mol. The van der Waals surface area contributed by atoms with Crippen LogP contribution >= 0.6 is 0 Å². The summed E-state index contributed by atoms with van der Waals surface area (Å²) >= 11 is 0. The van der Waals surface area contributed by atoms with Crippen molar-refractivity contribution in [2.45, 2.75) is 51.0 Å². The number of alkyl halides is 3. The van der Waals surface area contributed by atoms with Crippen LogP contribution in [-0.4, -0.2) is 31.6 Å². The van der Waals surface area contributed by atoms with Gasteiger partial charge in [-0.05, 0) is 31.8 Å². The number of hydrogen-bond acceptors (Lipinski definition) is 3. The molecular weight excluding hydrogens is 283 g/mol. The van der Waals surface area contributed by atoms with E-state index in [0.717, 1.165) is 5.92 Å². The molecule has 0 aromatic carbocycles. The van der Waals surface area contributed by atoms with Crippen molar-refractivity contribution in [3.8, 4) is 0 Å². The zero-order valence-electron chi connectivity index (χ0n) is 11.0. The molecule has 1 saturated heterocycles. The minimum absolute atomic E-state index is 1.04. The van der Waals surface area contributed by atoms with Gasteiger partial charge in [0.2, 0.25) is 0 Å². The van der Waals surface area contributed by atoms with Crippen molar-refractivity contribution >= 4 is 10.1 Å². The molecule has 0 atom stereocenters. The fourth-order valence-electron chi connectivity index (χ4n) is 1.85. The van der Waals surface area contributed by atoms with E-state index >= 15 is 0 Å². The van der Waals surface area contributed by atoms with Gasteiger partial charge < -0.3 is 5.32 Å². The van der Waals surface area contributed by atoms with Gasteiger partial charge in [0.15, 0.2) is 0 Å². The molecule has 0 bridgehead atoms. The number of halogens is 3. The smallest absolute Gasteiger partial charge is 0.317 e. The predicted molar refractivity (Wildman–Crippen MR) is 67.3 cm³/mol. The third kappa shape index (κ3) is 9.23. The number of rotatable bonds is 4. The maximum atomic E-state index is 10.7. The zero-order valence-corrected chi connectivity index (χ0v) is 11.9. The minimum Gasteiger partial charge on any atom is -0.317 e. The Labute approximate surface area is 112 Å². The summed E-state index contributed by atoms with van der Waals surface area (Å²) in [4.78, 5) is 0. The lowest BCUT2D eigenvalue weighted by Crippen LogP contribution is -2.27. The summed E-state index contributed by atoms with van der Waals surface area (Å²) in [6.07, 6.45) is 8.58. The molecule has 0 amide bonds. The molecule has 4 nitrogen and oxygen atoms in total. The van der Waals surface area contributed by atoms with Crippen molar-refractivity contribution in [1.82, 2.24) is 5.32 Å². The first kappa shape index (κ1) is 18.7. The highest BCUT2D eigenvalue weighted by Gasteiger charge is 2.44. The van der Waals surface area contributed by atoms with Crippen LogP contribution in [0.4, 0.5) is 13.2 Å². The monoisotopic (exact) mass is 305 g/mol. The summed E-state index contributed by atoms with van der Waals surface area (Å²) in [5, 5.41) is 3.41. The number of hydrogen-bond donors (Lipinski definition) is 2. The first-order valence-corrected chi connectivity index (χ1v) is 7.87. The van der Waals surface area contributed by atoms with Gasteiger partial charge in [0, 0.05) is 0 Å². The molecule has 1 rings (SSSR count). The van der Waals surface area contributed by atoms with Crippen molar-refractivity contribution in [3.05, 3.63) is 0 Å². The van der Waals surface area contributed by atoms with Gasteiger partial charge in [-0.2, -0.15) is 21.6 Å². The maximum absolute atomic E-state index is 10.7. The lowest BCUT2D eigenvalue weighted by molar-refractivity contribution is -0.0510. The van der Waals surface area contributed by atoms with Gasteiger partial charge >= 0.3 is 15.6 Å². The molecule has 116 valence electrons. The Balaban J connectivity index is 0.000000362. The van der Waals surface area contributed by atoms with Crippen LogP contribution in [-0.2, 0) is 10.1 Å². The minimum atomic E-state index is -5.84. The number of piperidine rings is 1.